The molecule has 1 aliphatic rings. The number of likely N-dealkylation sites (N-methyl/N-ethyl adjacent to an activating group) is 1. The van der Waals surface area contributed by atoms with E-state index in [1.54, 1.807) is 0 Å². The molecule has 2 rings (SSSR count). The van der Waals surface area contributed by atoms with Crippen LogP contribution < -0.4 is 16.6 Å². The van der Waals surface area contributed by atoms with E-state index in [0.717, 1.165) is 44.5 Å². The molecule has 124 valence electrons. The first kappa shape index (κ1) is 17.1. The second kappa shape index (κ2) is 8.99. The molecule has 1 saturated heterocycles. The van der Waals surface area contributed by atoms with Gasteiger partial charge in [-0.05, 0) is 32.9 Å². The van der Waals surface area contributed by atoms with Gasteiger partial charge in [-0.2, -0.15) is 5.10 Å². The molecule has 1 aromatic rings. The summed E-state index contributed by atoms with van der Waals surface area (Å²) >= 11 is 0. The average molecular weight is 308 g/mol. The zero-order valence-corrected chi connectivity index (χ0v) is 13.4. The van der Waals surface area contributed by atoms with Crippen molar-refractivity contribution in [2.45, 2.75) is 38.3 Å². The normalized spacial score (nSPS) is 17.0. The smallest absolute Gasteiger partial charge is 0.146 e. The molecule has 0 aliphatic carbocycles. The predicted molar refractivity (Wildman–Crippen MR) is 86.1 cm³/mol. The molecule has 0 amide bonds. The highest BCUT2D eigenvalue weighted by atomic mass is 16.1. The maximum Gasteiger partial charge on any atom is 0.146 e. The maximum atomic E-state index is 11.5. The number of nitrogens with one attached hydrogen (secondary N) is 2. The van der Waals surface area contributed by atoms with Crippen molar-refractivity contribution < 1.29 is 4.79 Å². The monoisotopic (exact) mass is 308 g/mol. The van der Waals surface area contributed by atoms with Gasteiger partial charge in [-0.25, -0.2) is 0 Å². The molecule has 0 saturated carbocycles. The molecular weight excluding hydrogens is 280 g/mol. The Morgan fingerprint density at radius 2 is 2.23 bits per heavy atom. The van der Waals surface area contributed by atoms with Crippen LogP contribution in [0.25, 0.3) is 0 Å². The Balaban J connectivity index is 1.67. The Hall–Kier alpha value is -1.28. The number of piperidine rings is 1. The molecule has 0 bridgehead atoms. The van der Waals surface area contributed by atoms with Gasteiger partial charge in [0.05, 0.1) is 18.8 Å². The maximum absolute atomic E-state index is 11.5. The van der Waals surface area contributed by atoms with Gasteiger partial charge in [0.25, 0.3) is 0 Å². The van der Waals surface area contributed by atoms with Crippen molar-refractivity contribution in [1.29, 1.82) is 0 Å². The van der Waals surface area contributed by atoms with E-state index >= 15 is 0 Å². The largest absolute Gasteiger partial charge is 0.313 e. The minimum absolute atomic E-state index is 0.301. The number of Topliss-reactive ketones (excluding diaryl/α,β-unsaturated/α-hetero) is 1. The zero-order valence-electron chi connectivity index (χ0n) is 13.4. The average Bonchev–Trinajstić information content (AvgIpc) is 2.97. The predicted octanol–water partition coefficient (Wildman–Crippen LogP) is 0.0520. The van der Waals surface area contributed by atoms with Gasteiger partial charge in [0, 0.05) is 37.8 Å². The highest BCUT2D eigenvalue weighted by molar-refractivity contribution is 5.80. The molecule has 0 spiro atoms. The Morgan fingerprint density at radius 1 is 1.45 bits per heavy atom. The first-order valence-corrected chi connectivity index (χ1v) is 8.08. The fraction of sp³-hybridized carbons (Fsp3) is 0.733. The molecule has 0 atom stereocenters. The van der Waals surface area contributed by atoms with Crippen molar-refractivity contribution in [2.75, 3.05) is 33.2 Å². The van der Waals surface area contributed by atoms with Gasteiger partial charge < -0.3 is 10.2 Å². The Bertz CT molecular complexity index is 453. The first-order valence-electron chi connectivity index (χ1n) is 8.08. The van der Waals surface area contributed by atoms with Crippen molar-refractivity contribution in [3.63, 3.8) is 0 Å². The molecule has 0 radical (unpaired) electrons. The number of nitrogens with two attached hydrogens (primary N) is 1. The Kier molecular flexibility index (Phi) is 6.98. The van der Waals surface area contributed by atoms with Gasteiger partial charge in [0.1, 0.15) is 5.78 Å². The second-order valence-corrected chi connectivity index (χ2v) is 5.95. The highest BCUT2D eigenvalue weighted by Gasteiger charge is 2.20. The molecule has 22 heavy (non-hydrogen) atoms. The van der Waals surface area contributed by atoms with Gasteiger partial charge in [-0.1, -0.05) is 0 Å². The zero-order chi connectivity index (χ0) is 15.8. The fourth-order valence-electron chi connectivity index (χ4n) is 2.98. The molecule has 2 heterocycles. The number of ketones is 1. The molecule has 0 aromatic carbocycles. The van der Waals surface area contributed by atoms with Crippen LogP contribution in [0.15, 0.2) is 12.4 Å². The van der Waals surface area contributed by atoms with E-state index in [9.17, 15) is 4.79 Å². The molecular formula is C15H28N6O. The number of nitrogens with zero attached hydrogens (tertiary/aromatic N) is 3. The highest BCUT2D eigenvalue weighted by Crippen LogP contribution is 2.22. The number of likely N-dealkylation sites (tertiary alicyclic amines) is 1. The number of aromatic nitrogens is 2. The number of hydrogen-bond acceptors (Lipinski definition) is 6. The number of hydrogen-bond donors (Lipinski definition) is 3. The van der Waals surface area contributed by atoms with Crippen molar-refractivity contribution in [3.05, 3.63) is 18.0 Å². The van der Waals surface area contributed by atoms with Crippen LogP contribution in [0, 0.1) is 0 Å². The first-order chi connectivity index (χ1) is 10.7. The minimum Gasteiger partial charge on any atom is -0.313 e. The fourth-order valence-corrected chi connectivity index (χ4v) is 2.98. The van der Waals surface area contributed by atoms with Crippen LogP contribution >= 0.6 is 0 Å². The molecule has 4 N–H and O–H groups in total. The topological polar surface area (TPSA) is 88.2 Å². The van der Waals surface area contributed by atoms with Crippen LogP contribution in [-0.2, 0) is 11.3 Å². The summed E-state index contributed by atoms with van der Waals surface area (Å²) in [5.41, 5.74) is 3.77. The summed E-state index contributed by atoms with van der Waals surface area (Å²) in [5.74, 6) is 5.63. The van der Waals surface area contributed by atoms with Crippen LogP contribution in [-0.4, -0.2) is 53.7 Å². The van der Waals surface area contributed by atoms with Crippen molar-refractivity contribution in [2.24, 2.45) is 5.84 Å². The second-order valence-electron chi connectivity index (χ2n) is 5.95. The lowest BCUT2D eigenvalue weighted by molar-refractivity contribution is -0.118. The lowest BCUT2D eigenvalue weighted by Crippen LogP contribution is -2.35. The van der Waals surface area contributed by atoms with Crippen LogP contribution in [0.4, 0.5) is 0 Å². The SMILES string of the molecule is CNCC(=O)CCCN1CCC(n2cc(CNN)cn2)CC1. The van der Waals surface area contributed by atoms with Crippen molar-refractivity contribution in [3.8, 4) is 0 Å². The Morgan fingerprint density at radius 3 is 2.91 bits per heavy atom. The number of hydrazine groups is 1. The summed E-state index contributed by atoms with van der Waals surface area (Å²) in [7, 11) is 1.81. The van der Waals surface area contributed by atoms with Crippen molar-refractivity contribution >= 4 is 5.78 Å². The third kappa shape index (κ3) is 5.17. The van der Waals surface area contributed by atoms with Gasteiger partial charge in [0.15, 0.2) is 0 Å². The molecule has 1 fully saturated rings. The van der Waals surface area contributed by atoms with E-state index in [0.29, 0.717) is 31.3 Å². The summed E-state index contributed by atoms with van der Waals surface area (Å²) in [6.07, 6.45) is 7.81. The lowest BCUT2D eigenvalue weighted by atomic mass is 10.0. The number of carbonyl (C=O) groups excluding carboxylic acids is 1. The van der Waals surface area contributed by atoms with Gasteiger partial charge >= 0.3 is 0 Å². The van der Waals surface area contributed by atoms with Gasteiger partial charge in [0.2, 0.25) is 0 Å². The molecule has 0 unspecified atom stereocenters. The molecule has 1 aliphatic heterocycles. The summed E-state index contributed by atoms with van der Waals surface area (Å²) in [4.78, 5) is 13.9. The third-order valence-electron chi connectivity index (χ3n) is 4.20. The molecule has 7 nitrogen and oxygen atoms in total. The molecule has 7 heteroatoms. The lowest BCUT2D eigenvalue weighted by Gasteiger charge is -2.32. The van der Waals surface area contributed by atoms with Crippen molar-refractivity contribution in [1.82, 2.24) is 25.4 Å². The van der Waals surface area contributed by atoms with Gasteiger partial charge in [-0.3, -0.25) is 20.7 Å². The summed E-state index contributed by atoms with van der Waals surface area (Å²) in [5, 5.41) is 7.35. The molecule has 1 aromatic heterocycles. The summed E-state index contributed by atoms with van der Waals surface area (Å²) in [6.45, 7) is 4.31. The summed E-state index contributed by atoms with van der Waals surface area (Å²) in [6, 6.07) is 0.480. The van der Waals surface area contributed by atoms with E-state index in [1.165, 1.54) is 0 Å². The Labute approximate surface area is 132 Å². The van der Waals surface area contributed by atoms with Crippen LogP contribution in [0.3, 0.4) is 0 Å². The summed E-state index contributed by atoms with van der Waals surface area (Å²) < 4.78 is 2.07. The van der Waals surface area contributed by atoms with Crippen LogP contribution in [0.1, 0.15) is 37.3 Å². The van der Waals surface area contributed by atoms with E-state index in [4.69, 9.17) is 5.84 Å². The van der Waals surface area contributed by atoms with E-state index in [1.807, 2.05) is 13.2 Å². The quantitative estimate of drug-likeness (QED) is 0.441. The van der Waals surface area contributed by atoms with E-state index < -0.39 is 0 Å². The van der Waals surface area contributed by atoms with E-state index in [2.05, 4.69) is 31.6 Å². The van der Waals surface area contributed by atoms with Crippen LogP contribution in [0.5, 0.6) is 0 Å². The minimum atomic E-state index is 0.301. The standard InChI is InChI=1S/C15H28N6O/c1-17-11-15(22)3-2-6-20-7-4-14(5-8-20)21-12-13(9-18-16)10-19-21/h10,12,14,17-18H,2-9,11,16H2,1H3. The third-order valence-corrected chi connectivity index (χ3v) is 4.20. The van der Waals surface area contributed by atoms with Gasteiger partial charge in [-0.15, -0.1) is 0 Å². The van der Waals surface area contributed by atoms with E-state index in [-0.39, 0.29) is 0 Å². The number of rotatable bonds is 9. The van der Waals surface area contributed by atoms with Crippen LogP contribution in [0.2, 0.25) is 0 Å². The number of carbonyl (C=O) groups is 1.